The Morgan fingerprint density at radius 1 is 0.800 bits per heavy atom. The average Bonchev–Trinajstić information content (AvgIpc) is 3.58. The van der Waals surface area contributed by atoms with Crippen molar-refractivity contribution in [1.29, 1.82) is 0 Å². The predicted octanol–water partition coefficient (Wildman–Crippen LogP) is 6.68. The molecule has 0 radical (unpaired) electrons. The number of likely N-dealkylation sites (tertiary alicyclic amines) is 1. The van der Waals surface area contributed by atoms with Crippen LogP contribution in [-0.4, -0.2) is 105 Å². The minimum atomic E-state index is -4.65. The summed E-state index contributed by atoms with van der Waals surface area (Å²) in [7, 11) is 0. The van der Waals surface area contributed by atoms with Gasteiger partial charge in [0.1, 0.15) is 17.0 Å². The third kappa shape index (κ3) is 16.6. The van der Waals surface area contributed by atoms with Crippen molar-refractivity contribution in [3.05, 3.63) is 59.7 Å². The predicted molar refractivity (Wildman–Crippen MR) is 213 cm³/mol. The first-order valence-corrected chi connectivity index (χ1v) is 19.4. The molecule has 1 aliphatic rings. The van der Waals surface area contributed by atoms with Crippen LogP contribution in [0.2, 0.25) is 0 Å². The summed E-state index contributed by atoms with van der Waals surface area (Å²) in [6.07, 6.45) is -2.27. The van der Waals surface area contributed by atoms with Gasteiger partial charge in [-0.3, -0.25) is 9.59 Å². The number of ether oxygens (including phenoxy) is 4. The van der Waals surface area contributed by atoms with E-state index in [0.29, 0.717) is 24.6 Å². The number of benzene rings is 2. The van der Waals surface area contributed by atoms with Crippen LogP contribution in [0.3, 0.4) is 0 Å². The molecule has 1 unspecified atom stereocenters. The Balaban J connectivity index is 1.29. The van der Waals surface area contributed by atoms with Crippen LogP contribution in [0, 0.1) is 5.92 Å². The Kier molecular flexibility index (Phi) is 16.1. The van der Waals surface area contributed by atoms with Crippen LogP contribution >= 0.6 is 0 Å². The first kappa shape index (κ1) is 46.6. The molecule has 60 heavy (non-hydrogen) atoms. The number of carboxylic acids is 1. The van der Waals surface area contributed by atoms with E-state index in [1.165, 1.54) is 29.2 Å². The van der Waals surface area contributed by atoms with Crippen molar-refractivity contribution in [3.8, 4) is 11.8 Å². The number of alkyl carbamates (subject to hydrolysis) is 1. The monoisotopic (exact) mass is 846 g/mol. The van der Waals surface area contributed by atoms with Gasteiger partial charge in [0, 0.05) is 37.4 Å². The van der Waals surface area contributed by atoms with E-state index in [4.69, 9.17) is 18.9 Å². The summed E-state index contributed by atoms with van der Waals surface area (Å²) in [4.78, 5) is 62.7. The van der Waals surface area contributed by atoms with Crippen molar-refractivity contribution < 1.29 is 56.4 Å². The molecule has 20 heteroatoms. The van der Waals surface area contributed by atoms with E-state index >= 15 is 0 Å². The topological polar surface area (TPSA) is 215 Å². The number of hydrogen-bond donors (Lipinski definition) is 5. The third-order valence-electron chi connectivity index (χ3n) is 8.37. The molecule has 2 aromatic carbocycles. The molecule has 328 valence electrons. The smallest absolute Gasteiger partial charge is 0.422 e. The normalized spacial score (nSPS) is 15.4. The van der Waals surface area contributed by atoms with Gasteiger partial charge in [0.15, 0.2) is 6.61 Å². The molecule has 4 rings (SSSR count). The molecule has 2 heterocycles. The second-order valence-electron chi connectivity index (χ2n) is 16.0. The van der Waals surface area contributed by atoms with E-state index < -0.39 is 66.0 Å². The fraction of sp³-hybridized carbons (Fsp3) is 0.525. The number of halogens is 3. The van der Waals surface area contributed by atoms with Gasteiger partial charge in [-0.2, -0.15) is 28.1 Å². The lowest BCUT2D eigenvalue weighted by atomic mass is 10.0. The van der Waals surface area contributed by atoms with Crippen LogP contribution in [0.1, 0.15) is 83.1 Å². The minimum absolute atomic E-state index is 0.0628. The first-order chi connectivity index (χ1) is 28.1. The number of carboxylic acid groups (broad SMARTS) is 1. The van der Waals surface area contributed by atoms with Crippen LogP contribution in [0.4, 0.5) is 40.3 Å². The van der Waals surface area contributed by atoms with Gasteiger partial charge < -0.3 is 50.2 Å². The first-order valence-electron chi connectivity index (χ1n) is 19.4. The number of anilines is 3. The highest BCUT2D eigenvalue weighted by molar-refractivity contribution is 5.95. The molecule has 3 aromatic rings. The highest BCUT2D eigenvalue weighted by Gasteiger charge is 2.42. The maximum atomic E-state index is 13.1. The van der Waals surface area contributed by atoms with Gasteiger partial charge in [0.25, 0.3) is 5.91 Å². The third-order valence-corrected chi connectivity index (χ3v) is 8.37. The van der Waals surface area contributed by atoms with E-state index in [1.807, 2.05) is 32.9 Å². The number of carbonyl (C=O) groups is 4. The van der Waals surface area contributed by atoms with Gasteiger partial charge in [0.2, 0.25) is 11.9 Å². The second kappa shape index (κ2) is 20.7. The van der Waals surface area contributed by atoms with Crippen molar-refractivity contribution in [2.24, 2.45) is 5.92 Å². The van der Waals surface area contributed by atoms with Gasteiger partial charge in [0.05, 0.1) is 18.6 Å². The molecule has 1 aliphatic heterocycles. The SMILES string of the molecule is CC(C)(C)OC(=O)NCCCCCCOc1ccc(CNc2nc(Nc3ccc(C(=O)N[C@@H]4CN(C(=O)OC(C)(C)C)CC4C(=O)O)cc3)nc(OCC(F)(F)F)n2)cc1. The molecule has 0 spiro atoms. The lowest BCUT2D eigenvalue weighted by Crippen LogP contribution is -2.43. The van der Waals surface area contributed by atoms with E-state index in [-0.39, 0.29) is 37.1 Å². The van der Waals surface area contributed by atoms with E-state index in [0.717, 1.165) is 31.2 Å². The van der Waals surface area contributed by atoms with Crippen molar-refractivity contribution in [3.63, 3.8) is 0 Å². The molecule has 5 N–H and O–H groups in total. The summed E-state index contributed by atoms with van der Waals surface area (Å²) in [5, 5.41) is 21.0. The molecule has 0 aliphatic carbocycles. The molecule has 17 nitrogen and oxygen atoms in total. The molecule has 0 bridgehead atoms. The summed E-state index contributed by atoms with van der Waals surface area (Å²) < 4.78 is 60.2. The summed E-state index contributed by atoms with van der Waals surface area (Å²) in [6.45, 7) is 9.90. The molecular formula is C40H53F3N8O9. The number of aliphatic carboxylic acids is 1. The molecule has 1 saturated heterocycles. The number of hydrogen-bond acceptors (Lipinski definition) is 13. The van der Waals surface area contributed by atoms with Crippen LogP contribution < -0.4 is 30.7 Å². The van der Waals surface area contributed by atoms with Crippen molar-refractivity contribution in [2.45, 2.75) is 97.2 Å². The van der Waals surface area contributed by atoms with Gasteiger partial charge >= 0.3 is 30.3 Å². The Labute approximate surface area is 346 Å². The van der Waals surface area contributed by atoms with E-state index in [9.17, 15) is 37.5 Å². The van der Waals surface area contributed by atoms with E-state index in [2.05, 4.69) is 36.2 Å². The molecular weight excluding hydrogens is 793 g/mol. The Morgan fingerprint density at radius 3 is 2.08 bits per heavy atom. The van der Waals surface area contributed by atoms with Crippen LogP contribution in [0.5, 0.6) is 11.8 Å². The van der Waals surface area contributed by atoms with Gasteiger partial charge in [-0.1, -0.05) is 25.0 Å². The maximum Gasteiger partial charge on any atom is 0.422 e. The number of unbranched alkanes of at least 4 members (excludes halogenated alkanes) is 3. The largest absolute Gasteiger partial charge is 0.494 e. The zero-order valence-electron chi connectivity index (χ0n) is 34.5. The summed E-state index contributed by atoms with van der Waals surface area (Å²) >= 11 is 0. The number of amides is 3. The second-order valence-corrected chi connectivity index (χ2v) is 16.0. The number of carbonyl (C=O) groups excluding carboxylic acids is 3. The molecule has 1 aromatic heterocycles. The zero-order valence-corrected chi connectivity index (χ0v) is 34.5. The van der Waals surface area contributed by atoms with Crippen molar-refractivity contribution in [2.75, 3.05) is 43.5 Å². The quantitative estimate of drug-likeness (QED) is 0.0845. The Bertz CT molecular complexity index is 1900. The number of nitrogens with one attached hydrogen (secondary N) is 4. The number of rotatable bonds is 18. The standard InChI is InChI=1S/C40H53F3N8O9/c1-38(2,3)59-36(55)44-19-9-7-8-10-20-57-28-17-11-25(12-18-28)21-45-33-48-34(50-35(49-33)58-24-40(41,42)43)46-27-15-13-26(14-16-27)31(52)47-30-23-51(22-29(30)32(53)54)37(56)60-39(4,5)6/h11-18,29-30H,7-10,19-24H2,1-6H3,(H,44,55)(H,47,52)(H,53,54)(H2,45,46,48,49,50)/t29?,30-/m1/s1. The number of aromatic nitrogens is 3. The average molecular weight is 847 g/mol. The van der Waals surface area contributed by atoms with Gasteiger partial charge in [-0.05, 0) is 96.3 Å². The van der Waals surface area contributed by atoms with Crippen LogP contribution in [-0.2, 0) is 20.8 Å². The number of nitrogens with zero attached hydrogens (tertiary/aromatic N) is 4. The lowest BCUT2D eigenvalue weighted by molar-refractivity contribution is -0.154. The summed E-state index contributed by atoms with van der Waals surface area (Å²) in [6, 6.07) is 11.6. The highest BCUT2D eigenvalue weighted by atomic mass is 19.4. The Morgan fingerprint density at radius 2 is 1.45 bits per heavy atom. The van der Waals surface area contributed by atoms with Gasteiger partial charge in [-0.15, -0.1) is 0 Å². The fourth-order valence-corrected chi connectivity index (χ4v) is 5.62. The Hall–Kier alpha value is -6.08. The van der Waals surface area contributed by atoms with Crippen molar-refractivity contribution in [1.82, 2.24) is 30.5 Å². The summed E-state index contributed by atoms with van der Waals surface area (Å²) in [5.41, 5.74) is 0.00170. The highest BCUT2D eigenvalue weighted by Crippen LogP contribution is 2.24. The maximum absolute atomic E-state index is 13.1. The van der Waals surface area contributed by atoms with E-state index in [1.54, 1.807) is 32.9 Å². The molecule has 0 saturated carbocycles. The molecule has 3 amide bonds. The van der Waals surface area contributed by atoms with Gasteiger partial charge in [-0.25, -0.2) is 9.59 Å². The van der Waals surface area contributed by atoms with Crippen molar-refractivity contribution >= 4 is 41.6 Å². The summed E-state index contributed by atoms with van der Waals surface area (Å²) in [5.74, 6) is -2.39. The van der Waals surface area contributed by atoms with Crippen LogP contribution in [0.15, 0.2) is 48.5 Å². The number of alkyl halides is 3. The van der Waals surface area contributed by atoms with Crippen LogP contribution in [0.25, 0.3) is 0 Å². The fourth-order valence-electron chi connectivity index (χ4n) is 5.62. The minimum Gasteiger partial charge on any atom is -0.494 e. The molecule has 2 atom stereocenters. The zero-order chi connectivity index (χ0) is 44.1. The lowest BCUT2D eigenvalue weighted by Gasteiger charge is -2.24. The molecule has 1 fully saturated rings.